The first-order chi connectivity index (χ1) is 16.1. The van der Waals surface area contributed by atoms with Gasteiger partial charge in [-0.15, -0.1) is 0 Å². The van der Waals surface area contributed by atoms with Crippen molar-refractivity contribution in [3.8, 4) is 5.75 Å². The number of ether oxygens (including phenoxy) is 3. The van der Waals surface area contributed by atoms with E-state index in [9.17, 15) is 14.7 Å². The summed E-state index contributed by atoms with van der Waals surface area (Å²) >= 11 is 0. The number of benzene rings is 1. The van der Waals surface area contributed by atoms with Crippen LogP contribution in [0, 0.1) is 0 Å². The highest BCUT2D eigenvalue weighted by molar-refractivity contribution is 6.74. The number of carbonyl (C=O) groups excluding carboxylic acids is 2. The largest absolute Gasteiger partial charge is 0.491 e. The molecule has 2 rings (SSSR count). The molecule has 1 aliphatic heterocycles. The van der Waals surface area contributed by atoms with E-state index in [1.165, 1.54) is 7.11 Å². The van der Waals surface area contributed by atoms with Crippen molar-refractivity contribution < 1.29 is 33.3 Å². The van der Waals surface area contributed by atoms with Gasteiger partial charge in [-0.3, -0.25) is 0 Å². The summed E-state index contributed by atoms with van der Waals surface area (Å²) in [5, 5.41) is 10.5. The molecule has 0 saturated carbocycles. The first-order valence-electron chi connectivity index (χ1n) is 12.2. The Bertz CT molecular complexity index is 889. The lowest BCUT2D eigenvalue weighted by Gasteiger charge is -2.39. The van der Waals surface area contributed by atoms with E-state index in [2.05, 4.69) is 33.9 Å². The molecule has 9 heteroatoms. The van der Waals surface area contributed by atoms with Gasteiger partial charge in [-0.25, -0.2) is 9.59 Å². The van der Waals surface area contributed by atoms with E-state index in [1.807, 2.05) is 20.8 Å². The number of likely N-dealkylation sites (tertiary alicyclic amines) is 1. The van der Waals surface area contributed by atoms with E-state index in [-0.39, 0.29) is 11.6 Å². The van der Waals surface area contributed by atoms with Crippen molar-refractivity contribution in [3.05, 3.63) is 29.3 Å². The third-order valence-electron chi connectivity index (χ3n) is 6.61. The monoisotopic (exact) mass is 509 g/mol. The Hall–Kier alpha value is -2.10. The molecule has 2 atom stereocenters. The Morgan fingerprint density at radius 3 is 2.34 bits per heavy atom. The van der Waals surface area contributed by atoms with Crippen LogP contribution < -0.4 is 4.74 Å². The molecule has 0 spiro atoms. The average Bonchev–Trinajstić information content (AvgIpc) is 2.73. The van der Waals surface area contributed by atoms with E-state index in [4.69, 9.17) is 18.6 Å². The first-order valence-corrected chi connectivity index (χ1v) is 15.1. The number of aliphatic hydroxyl groups excluding tert-OH is 1. The fourth-order valence-electron chi connectivity index (χ4n) is 3.63. The zero-order valence-electron chi connectivity index (χ0n) is 22.8. The predicted molar refractivity (Wildman–Crippen MR) is 137 cm³/mol. The zero-order valence-corrected chi connectivity index (χ0v) is 23.8. The summed E-state index contributed by atoms with van der Waals surface area (Å²) in [6, 6.07) is 4.57. The van der Waals surface area contributed by atoms with Gasteiger partial charge in [0.15, 0.2) is 8.32 Å². The smallest absolute Gasteiger partial charge is 0.410 e. The van der Waals surface area contributed by atoms with Crippen molar-refractivity contribution in [2.24, 2.45) is 0 Å². The van der Waals surface area contributed by atoms with Crippen LogP contribution in [-0.4, -0.2) is 69.0 Å². The molecule has 1 fully saturated rings. The zero-order chi connectivity index (χ0) is 26.6. The second-order valence-electron chi connectivity index (χ2n) is 11.6. The third kappa shape index (κ3) is 7.95. The Morgan fingerprint density at radius 1 is 1.11 bits per heavy atom. The molecule has 0 unspecified atom stereocenters. The van der Waals surface area contributed by atoms with Crippen LogP contribution in [0.1, 0.15) is 76.3 Å². The molecule has 1 aromatic rings. The van der Waals surface area contributed by atoms with Crippen molar-refractivity contribution in [2.45, 2.75) is 90.3 Å². The van der Waals surface area contributed by atoms with Crippen LogP contribution in [-0.2, 0) is 13.9 Å². The van der Waals surface area contributed by atoms with E-state index in [0.717, 1.165) is 0 Å². The van der Waals surface area contributed by atoms with Crippen molar-refractivity contribution >= 4 is 20.4 Å². The summed E-state index contributed by atoms with van der Waals surface area (Å²) in [6.07, 6.45) is -0.201. The molecular weight excluding hydrogens is 466 g/mol. The predicted octanol–water partition coefficient (Wildman–Crippen LogP) is 5.31. The van der Waals surface area contributed by atoms with E-state index >= 15 is 0 Å². The maximum absolute atomic E-state index is 13.0. The second kappa shape index (κ2) is 11.3. The minimum Gasteiger partial charge on any atom is -0.491 e. The molecule has 1 aliphatic rings. The van der Waals surface area contributed by atoms with Crippen LogP contribution in [0.25, 0.3) is 0 Å². The maximum atomic E-state index is 13.0. The number of hydrogen-bond donors (Lipinski definition) is 1. The van der Waals surface area contributed by atoms with Gasteiger partial charge in [0, 0.05) is 12.1 Å². The van der Waals surface area contributed by atoms with Gasteiger partial charge in [0.25, 0.3) is 0 Å². The molecule has 198 valence electrons. The molecule has 1 aromatic carbocycles. The number of nitrogens with zero attached hydrogens (tertiary/aromatic N) is 1. The molecule has 0 radical (unpaired) electrons. The van der Waals surface area contributed by atoms with Crippen LogP contribution in [0.2, 0.25) is 18.1 Å². The second-order valence-corrected chi connectivity index (χ2v) is 16.4. The summed E-state index contributed by atoms with van der Waals surface area (Å²) in [6.45, 7) is 17.4. The van der Waals surface area contributed by atoms with E-state index in [0.29, 0.717) is 42.9 Å². The van der Waals surface area contributed by atoms with Crippen LogP contribution in [0.3, 0.4) is 0 Å². The van der Waals surface area contributed by atoms with Crippen molar-refractivity contribution in [3.63, 3.8) is 0 Å². The third-order valence-corrected chi connectivity index (χ3v) is 11.1. The van der Waals surface area contributed by atoms with Crippen LogP contribution >= 0.6 is 0 Å². The molecule has 1 N–H and O–H groups in total. The molecule has 0 aromatic heterocycles. The molecule has 8 nitrogen and oxygen atoms in total. The molecule has 0 bridgehead atoms. The van der Waals surface area contributed by atoms with Crippen molar-refractivity contribution in [2.75, 3.05) is 26.9 Å². The normalized spacial score (nSPS) is 19.3. The van der Waals surface area contributed by atoms with Gasteiger partial charge in [0.05, 0.1) is 31.4 Å². The van der Waals surface area contributed by atoms with E-state index in [1.54, 1.807) is 23.1 Å². The quantitative estimate of drug-likeness (QED) is 0.302. The number of rotatable bonds is 7. The Labute approximate surface area is 211 Å². The minimum absolute atomic E-state index is 0.0785. The summed E-state index contributed by atoms with van der Waals surface area (Å²) in [5.74, 6) is -0.0222. The number of esters is 1. The standard InChI is InChI=1S/C26H43NO7Si/c1-25(2,3)34-24(30)27-13-12-19(28)17-21(27)20-11-10-18(23(29)31-7)16-22(20)32-14-15-33-35(8,9)26(4,5)6/h10-11,16,19,21,28H,12-15,17H2,1-9H3/t19-,21-/m0/s1. The highest BCUT2D eigenvalue weighted by atomic mass is 28.4. The molecule has 1 saturated heterocycles. The van der Waals surface area contributed by atoms with Gasteiger partial charge >= 0.3 is 12.1 Å². The van der Waals surface area contributed by atoms with Gasteiger partial charge in [-0.2, -0.15) is 0 Å². The first kappa shape index (κ1) is 29.1. The number of amides is 1. The molecule has 1 heterocycles. The van der Waals surface area contributed by atoms with Crippen LogP contribution in [0.15, 0.2) is 18.2 Å². The Kier molecular flexibility index (Phi) is 9.41. The van der Waals surface area contributed by atoms with Crippen LogP contribution in [0.5, 0.6) is 5.75 Å². The summed E-state index contributed by atoms with van der Waals surface area (Å²) < 4.78 is 22.9. The summed E-state index contributed by atoms with van der Waals surface area (Å²) in [4.78, 5) is 26.8. The lowest BCUT2D eigenvalue weighted by Crippen LogP contribution is -2.45. The fraction of sp³-hybridized carbons (Fsp3) is 0.692. The highest BCUT2D eigenvalue weighted by Crippen LogP contribution is 2.39. The molecule has 35 heavy (non-hydrogen) atoms. The number of aliphatic hydroxyl groups is 1. The minimum atomic E-state index is -1.94. The van der Waals surface area contributed by atoms with Gasteiger partial charge in [0.1, 0.15) is 18.0 Å². The van der Waals surface area contributed by atoms with Gasteiger partial charge < -0.3 is 28.6 Å². The van der Waals surface area contributed by atoms with Crippen molar-refractivity contribution in [1.82, 2.24) is 4.90 Å². The lowest BCUT2D eigenvalue weighted by atomic mass is 9.92. The fourth-order valence-corrected chi connectivity index (χ4v) is 4.65. The van der Waals surface area contributed by atoms with E-state index < -0.39 is 38.1 Å². The van der Waals surface area contributed by atoms with Gasteiger partial charge in [0.2, 0.25) is 0 Å². The number of piperidine rings is 1. The van der Waals surface area contributed by atoms with Gasteiger partial charge in [-0.1, -0.05) is 26.8 Å². The number of methoxy groups -OCH3 is 1. The number of hydrogen-bond acceptors (Lipinski definition) is 7. The summed E-state index contributed by atoms with van der Waals surface area (Å²) in [5.41, 5.74) is 0.402. The Morgan fingerprint density at radius 2 is 1.77 bits per heavy atom. The highest BCUT2D eigenvalue weighted by Gasteiger charge is 2.38. The lowest BCUT2D eigenvalue weighted by molar-refractivity contribution is -0.00891. The molecule has 1 amide bonds. The summed E-state index contributed by atoms with van der Waals surface area (Å²) in [7, 11) is -0.613. The van der Waals surface area contributed by atoms with Crippen molar-refractivity contribution in [1.29, 1.82) is 0 Å². The average molecular weight is 510 g/mol. The maximum Gasteiger partial charge on any atom is 0.410 e. The number of carbonyl (C=O) groups is 2. The molecular formula is C26H43NO7Si. The van der Waals surface area contributed by atoms with Gasteiger partial charge in [-0.05, 0) is 63.9 Å². The van der Waals surface area contributed by atoms with Crippen LogP contribution in [0.4, 0.5) is 4.79 Å². The molecule has 0 aliphatic carbocycles. The topological polar surface area (TPSA) is 94.5 Å². The Balaban J connectivity index is 2.33. The SMILES string of the molecule is COC(=O)c1ccc([C@@H]2C[C@@H](O)CCN2C(=O)OC(C)(C)C)c(OCCO[Si](C)(C)C(C)(C)C)c1.